The minimum absolute atomic E-state index is 0.0263. The molecule has 0 spiro atoms. The maximum absolute atomic E-state index is 11.0. The van der Waals surface area contributed by atoms with Gasteiger partial charge in [-0.1, -0.05) is 18.2 Å². The molecule has 0 saturated heterocycles. The molecule has 2 aromatic rings. The standard InChI is InChI=1S/C14H14N2O2/c1-8-5-4-6-11(9(8)2)12-7-13(14(17)18)16-10(3)15-12/h4-7H,1-3H3,(H,17,18). The number of benzene rings is 1. The van der Waals surface area contributed by atoms with E-state index in [-0.39, 0.29) is 5.69 Å². The molecule has 0 amide bonds. The molecule has 0 unspecified atom stereocenters. The van der Waals surface area contributed by atoms with E-state index in [2.05, 4.69) is 9.97 Å². The Labute approximate surface area is 105 Å². The van der Waals surface area contributed by atoms with Gasteiger partial charge in [-0.25, -0.2) is 14.8 Å². The lowest BCUT2D eigenvalue weighted by Crippen LogP contribution is -2.04. The number of rotatable bonds is 2. The van der Waals surface area contributed by atoms with E-state index in [9.17, 15) is 4.79 Å². The summed E-state index contributed by atoms with van der Waals surface area (Å²) >= 11 is 0. The highest BCUT2D eigenvalue weighted by Crippen LogP contribution is 2.24. The lowest BCUT2D eigenvalue weighted by Gasteiger charge is -2.09. The average molecular weight is 242 g/mol. The zero-order valence-electron chi connectivity index (χ0n) is 10.6. The smallest absolute Gasteiger partial charge is 0.354 e. The maximum Gasteiger partial charge on any atom is 0.354 e. The second-order valence-electron chi connectivity index (χ2n) is 4.24. The van der Waals surface area contributed by atoms with E-state index in [0.717, 1.165) is 16.7 Å². The summed E-state index contributed by atoms with van der Waals surface area (Å²) in [5.41, 5.74) is 3.88. The van der Waals surface area contributed by atoms with Crippen LogP contribution in [0.1, 0.15) is 27.4 Å². The summed E-state index contributed by atoms with van der Waals surface area (Å²) in [6, 6.07) is 7.41. The molecule has 0 radical (unpaired) electrons. The molecule has 18 heavy (non-hydrogen) atoms. The number of nitrogens with zero attached hydrogens (tertiary/aromatic N) is 2. The molecule has 4 nitrogen and oxygen atoms in total. The van der Waals surface area contributed by atoms with Crippen molar-refractivity contribution in [2.75, 3.05) is 0 Å². The number of carbonyl (C=O) groups is 1. The van der Waals surface area contributed by atoms with Gasteiger partial charge in [0.25, 0.3) is 0 Å². The van der Waals surface area contributed by atoms with Crippen molar-refractivity contribution in [2.24, 2.45) is 0 Å². The number of aromatic carboxylic acids is 1. The van der Waals surface area contributed by atoms with Crippen LogP contribution in [0.25, 0.3) is 11.3 Å². The topological polar surface area (TPSA) is 63.1 Å². The molecule has 4 heteroatoms. The molecule has 0 atom stereocenters. The van der Waals surface area contributed by atoms with Crippen molar-refractivity contribution >= 4 is 5.97 Å². The van der Waals surface area contributed by atoms with Crippen molar-refractivity contribution < 1.29 is 9.90 Å². The summed E-state index contributed by atoms with van der Waals surface area (Å²) in [5.74, 6) is -0.571. The Morgan fingerprint density at radius 3 is 2.56 bits per heavy atom. The van der Waals surface area contributed by atoms with Crippen LogP contribution in [0.15, 0.2) is 24.3 Å². The highest BCUT2D eigenvalue weighted by Gasteiger charge is 2.11. The molecule has 0 fully saturated rings. The Balaban J connectivity index is 2.64. The zero-order chi connectivity index (χ0) is 13.3. The molecule has 1 aromatic heterocycles. The van der Waals surface area contributed by atoms with Crippen molar-refractivity contribution in [3.63, 3.8) is 0 Å². The summed E-state index contributed by atoms with van der Waals surface area (Å²) in [6.45, 7) is 5.72. The summed E-state index contributed by atoms with van der Waals surface area (Å²) in [7, 11) is 0. The predicted molar refractivity (Wildman–Crippen MR) is 68.6 cm³/mol. The Hall–Kier alpha value is -2.23. The first kappa shape index (κ1) is 12.2. The van der Waals surface area contributed by atoms with E-state index in [4.69, 9.17) is 5.11 Å². The van der Waals surface area contributed by atoms with Gasteiger partial charge in [0.05, 0.1) is 5.69 Å². The van der Waals surface area contributed by atoms with Gasteiger partial charge in [0, 0.05) is 5.56 Å². The Morgan fingerprint density at radius 1 is 1.17 bits per heavy atom. The highest BCUT2D eigenvalue weighted by molar-refractivity contribution is 5.86. The summed E-state index contributed by atoms with van der Waals surface area (Å²) < 4.78 is 0. The van der Waals surface area contributed by atoms with E-state index < -0.39 is 5.97 Å². The molecular weight excluding hydrogens is 228 g/mol. The predicted octanol–water partition coefficient (Wildman–Crippen LogP) is 2.77. The van der Waals surface area contributed by atoms with Gasteiger partial charge in [0.2, 0.25) is 0 Å². The first-order valence-corrected chi connectivity index (χ1v) is 5.64. The van der Waals surface area contributed by atoms with Crippen LogP contribution in [0.3, 0.4) is 0 Å². The highest BCUT2D eigenvalue weighted by atomic mass is 16.4. The number of aromatic nitrogens is 2. The molecule has 2 rings (SSSR count). The number of carboxylic acid groups (broad SMARTS) is 1. The van der Waals surface area contributed by atoms with E-state index in [1.54, 1.807) is 6.92 Å². The Bertz CT molecular complexity index is 621. The molecule has 1 aromatic carbocycles. The number of hydrogen-bond acceptors (Lipinski definition) is 3. The SMILES string of the molecule is Cc1nc(C(=O)O)cc(-c2cccc(C)c2C)n1. The zero-order valence-corrected chi connectivity index (χ0v) is 10.6. The van der Waals surface area contributed by atoms with Crippen molar-refractivity contribution in [1.29, 1.82) is 0 Å². The number of hydrogen-bond donors (Lipinski definition) is 1. The summed E-state index contributed by atoms with van der Waals surface area (Å²) in [4.78, 5) is 19.2. The monoisotopic (exact) mass is 242 g/mol. The molecular formula is C14H14N2O2. The number of aryl methyl sites for hydroxylation is 2. The lowest BCUT2D eigenvalue weighted by atomic mass is 10.0. The largest absolute Gasteiger partial charge is 0.477 e. The summed E-state index contributed by atoms with van der Waals surface area (Å²) in [5, 5.41) is 9.01. The van der Waals surface area contributed by atoms with Crippen LogP contribution in [-0.4, -0.2) is 21.0 Å². The fraction of sp³-hybridized carbons (Fsp3) is 0.214. The third-order valence-corrected chi connectivity index (χ3v) is 2.94. The van der Waals surface area contributed by atoms with E-state index in [1.165, 1.54) is 6.07 Å². The molecule has 0 aliphatic carbocycles. The molecule has 0 aliphatic heterocycles. The van der Waals surface area contributed by atoms with Crippen LogP contribution in [0, 0.1) is 20.8 Å². The lowest BCUT2D eigenvalue weighted by molar-refractivity contribution is 0.0690. The molecule has 0 bridgehead atoms. The fourth-order valence-corrected chi connectivity index (χ4v) is 1.84. The first-order valence-electron chi connectivity index (χ1n) is 5.64. The van der Waals surface area contributed by atoms with E-state index in [0.29, 0.717) is 11.5 Å². The van der Waals surface area contributed by atoms with Gasteiger partial charge in [0.15, 0.2) is 5.69 Å². The van der Waals surface area contributed by atoms with Gasteiger partial charge in [-0.15, -0.1) is 0 Å². The minimum Gasteiger partial charge on any atom is -0.477 e. The van der Waals surface area contributed by atoms with Crippen molar-refractivity contribution in [2.45, 2.75) is 20.8 Å². The van der Waals surface area contributed by atoms with Gasteiger partial charge >= 0.3 is 5.97 Å². The quantitative estimate of drug-likeness (QED) is 0.879. The van der Waals surface area contributed by atoms with Crippen molar-refractivity contribution in [3.8, 4) is 11.3 Å². The average Bonchev–Trinajstić information content (AvgIpc) is 2.31. The van der Waals surface area contributed by atoms with Crippen LogP contribution in [0.5, 0.6) is 0 Å². The van der Waals surface area contributed by atoms with E-state index in [1.807, 2.05) is 32.0 Å². The minimum atomic E-state index is -1.04. The maximum atomic E-state index is 11.0. The van der Waals surface area contributed by atoms with Gasteiger partial charge in [0.1, 0.15) is 5.82 Å². The summed E-state index contributed by atoms with van der Waals surface area (Å²) in [6.07, 6.45) is 0. The number of carboxylic acids is 1. The van der Waals surface area contributed by atoms with Crippen molar-refractivity contribution in [3.05, 3.63) is 46.9 Å². The van der Waals surface area contributed by atoms with Crippen LogP contribution >= 0.6 is 0 Å². The second kappa shape index (κ2) is 4.56. The van der Waals surface area contributed by atoms with E-state index >= 15 is 0 Å². The normalized spacial score (nSPS) is 10.4. The van der Waals surface area contributed by atoms with Gasteiger partial charge in [-0.3, -0.25) is 0 Å². The molecule has 0 saturated carbocycles. The Kier molecular flexibility index (Phi) is 3.10. The molecule has 92 valence electrons. The van der Waals surface area contributed by atoms with Gasteiger partial charge in [-0.2, -0.15) is 0 Å². The molecule has 1 N–H and O–H groups in total. The van der Waals surface area contributed by atoms with Gasteiger partial charge < -0.3 is 5.11 Å². The first-order chi connectivity index (χ1) is 8.49. The van der Waals surface area contributed by atoms with Crippen LogP contribution in [0.4, 0.5) is 0 Å². The van der Waals surface area contributed by atoms with Crippen molar-refractivity contribution in [1.82, 2.24) is 9.97 Å². The third-order valence-electron chi connectivity index (χ3n) is 2.94. The molecule has 1 heterocycles. The molecule has 0 aliphatic rings. The second-order valence-corrected chi connectivity index (χ2v) is 4.24. The van der Waals surface area contributed by atoms with Crippen LogP contribution in [0.2, 0.25) is 0 Å². The fourth-order valence-electron chi connectivity index (χ4n) is 1.84. The van der Waals surface area contributed by atoms with Crippen LogP contribution < -0.4 is 0 Å². The Morgan fingerprint density at radius 2 is 1.89 bits per heavy atom. The van der Waals surface area contributed by atoms with Crippen LogP contribution in [-0.2, 0) is 0 Å². The third kappa shape index (κ3) is 2.22. The van der Waals surface area contributed by atoms with Gasteiger partial charge in [-0.05, 0) is 38.0 Å².